The molecule has 0 N–H and O–H groups in total. The molecule has 256 valence electrons. The van der Waals surface area contributed by atoms with Crippen molar-refractivity contribution in [2.45, 2.75) is 116 Å². The number of hydrogen-bond acceptors (Lipinski definition) is 8. The fraction of sp³-hybridized carbons (Fsp3) is 0.600. The van der Waals surface area contributed by atoms with Gasteiger partial charge < -0.3 is 32.9 Å². The fourth-order valence-corrected chi connectivity index (χ4v) is 47.1. The minimum absolute atomic E-state index is 0.0474. The Morgan fingerprint density at radius 3 is 0.739 bits per heavy atom. The molecule has 2 aromatic carbocycles. The number of hydrogen-bond donors (Lipinski definition) is 0. The lowest BCUT2D eigenvalue weighted by Gasteiger charge is -2.63. The summed E-state index contributed by atoms with van der Waals surface area (Å²) in [5.41, 5.74) is -0.294. The zero-order chi connectivity index (χ0) is 34.1. The Kier molecular flexibility index (Phi) is 11.1. The predicted molar refractivity (Wildman–Crippen MR) is 211 cm³/mol. The Balaban J connectivity index is 1.84. The average Bonchev–Trinajstić information content (AvgIpc) is 2.96. The second-order valence-electron chi connectivity index (χ2n) is 14.5. The summed E-state index contributed by atoms with van der Waals surface area (Å²) in [4.78, 5) is 0. The quantitative estimate of drug-likeness (QED) is 0.194. The molecule has 3 fully saturated rings. The van der Waals surface area contributed by atoms with E-state index in [1.165, 1.54) is 0 Å². The first-order valence-electron chi connectivity index (χ1n) is 16.4. The normalized spacial score (nSPS) is 36.6. The fourth-order valence-electron chi connectivity index (χ4n) is 6.08. The van der Waals surface area contributed by atoms with Gasteiger partial charge >= 0.3 is 52.3 Å². The van der Waals surface area contributed by atoms with Crippen molar-refractivity contribution in [2.24, 2.45) is 0 Å². The van der Waals surface area contributed by atoms with Gasteiger partial charge in [-0.25, -0.2) is 0 Å². The first-order chi connectivity index (χ1) is 21.3. The van der Waals surface area contributed by atoms with Crippen molar-refractivity contribution in [3.8, 4) is 0 Å². The summed E-state index contributed by atoms with van der Waals surface area (Å²) >= 11 is 4.69. The molecule has 0 atom stereocenters. The topological polar surface area (TPSA) is 73.8 Å². The summed E-state index contributed by atoms with van der Waals surface area (Å²) in [6, 6.07) is 17.1. The van der Waals surface area contributed by atoms with Crippen molar-refractivity contribution in [1.29, 1.82) is 0 Å². The van der Waals surface area contributed by atoms with E-state index in [4.69, 9.17) is 32.9 Å². The summed E-state index contributed by atoms with van der Waals surface area (Å²) < 4.78 is 62.5. The molecule has 4 bridgehead atoms. The third-order valence-electron chi connectivity index (χ3n) is 9.16. The highest BCUT2D eigenvalue weighted by molar-refractivity contribution is 14.1. The Hall–Kier alpha value is 0.881. The van der Waals surface area contributed by atoms with Gasteiger partial charge in [-0.05, 0) is 79.8 Å². The molecule has 0 saturated carbocycles. The van der Waals surface area contributed by atoms with E-state index in [-0.39, 0.29) is 33.2 Å². The van der Waals surface area contributed by atoms with Crippen LogP contribution in [0.4, 0.5) is 0 Å². The second kappa shape index (κ2) is 13.5. The van der Waals surface area contributed by atoms with E-state index in [1.807, 2.05) is 0 Å². The molecule has 0 amide bonds. The number of rotatable bonds is 8. The van der Waals surface area contributed by atoms with Gasteiger partial charge in [0, 0.05) is 40.4 Å². The maximum Gasteiger partial charge on any atom is 0.480 e. The highest BCUT2D eigenvalue weighted by Gasteiger charge is 2.80. The van der Waals surface area contributed by atoms with Crippen LogP contribution in [-0.2, 0) is 32.9 Å². The summed E-state index contributed by atoms with van der Waals surface area (Å²) in [6.07, 6.45) is 0. The van der Waals surface area contributed by atoms with Crippen LogP contribution in [0.5, 0.6) is 0 Å². The standard InChI is InChI=1S/C30H50I2O8Si6/c1-21(2)41(29-17-13-27(31)14-18-29)33-43(23(5)6)37-44(34-41,24(7)8)40-46(26(11)12)36-42(22(3)4,30-19-15-28(32)16-20-30)35-45(38-46,39-43)25(9)10/h13-26H,1-12H3. The lowest BCUT2D eigenvalue weighted by Crippen LogP contribution is -2.88. The first-order valence-corrected chi connectivity index (χ1v) is 29.6. The van der Waals surface area contributed by atoms with Crippen LogP contribution in [0.3, 0.4) is 0 Å². The van der Waals surface area contributed by atoms with E-state index in [9.17, 15) is 0 Å². The largest absolute Gasteiger partial charge is 0.480 e. The van der Waals surface area contributed by atoms with E-state index >= 15 is 0 Å². The van der Waals surface area contributed by atoms with Gasteiger partial charge in [-0.15, -0.1) is 0 Å². The van der Waals surface area contributed by atoms with Crippen molar-refractivity contribution in [1.82, 2.24) is 0 Å². The molecular formula is C30H50I2O8Si6. The van der Waals surface area contributed by atoms with E-state index in [1.54, 1.807) is 0 Å². The molecule has 0 spiro atoms. The van der Waals surface area contributed by atoms with E-state index in [0.29, 0.717) is 0 Å². The van der Waals surface area contributed by atoms with Crippen LogP contribution in [0.15, 0.2) is 48.5 Å². The lowest BCUT2D eigenvalue weighted by molar-refractivity contribution is 0.0134. The predicted octanol–water partition coefficient (Wildman–Crippen LogP) is 8.28. The Morgan fingerprint density at radius 2 is 0.565 bits per heavy atom. The molecule has 3 saturated heterocycles. The molecule has 3 heterocycles. The maximum absolute atomic E-state index is 7.67. The van der Waals surface area contributed by atoms with Crippen LogP contribution < -0.4 is 10.4 Å². The molecule has 0 unspecified atom stereocenters. The number of fused-ring (bicyclic) bond motifs is 4. The van der Waals surface area contributed by atoms with Gasteiger partial charge in [-0.3, -0.25) is 0 Å². The van der Waals surface area contributed by atoms with Crippen molar-refractivity contribution >= 4 is 108 Å². The Bertz CT molecular complexity index is 1250. The highest BCUT2D eigenvalue weighted by Crippen LogP contribution is 2.55. The summed E-state index contributed by atoms with van der Waals surface area (Å²) in [6.45, 7) is 26.0. The molecule has 0 aliphatic carbocycles. The van der Waals surface area contributed by atoms with Crippen molar-refractivity contribution < 1.29 is 32.9 Å². The van der Waals surface area contributed by atoms with Gasteiger partial charge in [0.25, 0.3) is 0 Å². The molecule has 0 aromatic heterocycles. The maximum atomic E-state index is 7.67. The third kappa shape index (κ3) is 6.33. The molecule has 8 nitrogen and oxygen atoms in total. The Labute approximate surface area is 310 Å². The third-order valence-corrected chi connectivity index (χ3v) is 40.1. The van der Waals surface area contributed by atoms with Gasteiger partial charge in [-0.1, -0.05) is 107 Å². The molecule has 16 heteroatoms. The minimum atomic E-state index is -3.64. The van der Waals surface area contributed by atoms with Crippen LogP contribution >= 0.6 is 45.2 Å². The second-order valence-corrected chi connectivity index (χ2v) is 39.1. The summed E-state index contributed by atoms with van der Waals surface area (Å²) in [5, 5.41) is 2.12. The lowest BCUT2D eigenvalue weighted by atomic mass is 10.4. The van der Waals surface area contributed by atoms with Crippen LogP contribution in [0, 0.1) is 7.14 Å². The number of halogens is 2. The van der Waals surface area contributed by atoms with E-state index < -0.39 is 52.3 Å². The van der Waals surface area contributed by atoms with Crippen LogP contribution in [0.25, 0.3) is 0 Å². The minimum Gasteiger partial charge on any atom is -0.391 e. The van der Waals surface area contributed by atoms with Gasteiger partial charge in [0.1, 0.15) is 0 Å². The van der Waals surface area contributed by atoms with Gasteiger partial charge in [0.2, 0.25) is 0 Å². The van der Waals surface area contributed by atoms with Crippen LogP contribution in [-0.4, -0.2) is 52.3 Å². The van der Waals surface area contributed by atoms with E-state index in [0.717, 1.165) is 17.5 Å². The summed E-state index contributed by atoms with van der Waals surface area (Å²) in [5.74, 6) is 0. The van der Waals surface area contributed by atoms with Crippen LogP contribution in [0.2, 0.25) is 33.2 Å². The molecule has 5 rings (SSSR count). The molecule has 46 heavy (non-hydrogen) atoms. The van der Waals surface area contributed by atoms with Gasteiger partial charge in [0.15, 0.2) is 0 Å². The highest BCUT2D eigenvalue weighted by atomic mass is 127. The van der Waals surface area contributed by atoms with Gasteiger partial charge in [0.05, 0.1) is 0 Å². The summed E-state index contributed by atoms with van der Waals surface area (Å²) in [7, 11) is -21.1. The Morgan fingerprint density at radius 1 is 0.348 bits per heavy atom. The SMILES string of the molecule is CC(C)[Si]12O[Si](C(C)C)(O[Si]3(C(C)C)O[Si](C(C)C)(O1)O[Si](c1ccc(I)cc1)(C(C)C)O3)O[Si](c1ccc(I)cc1)(C(C)C)O2. The zero-order valence-corrected chi connectivity index (χ0v) is 39.4. The first kappa shape index (κ1) is 38.1. The average molecular weight is 961 g/mol. The molecule has 3 aliphatic rings. The zero-order valence-electron chi connectivity index (χ0n) is 29.1. The monoisotopic (exact) mass is 960 g/mol. The number of benzene rings is 2. The van der Waals surface area contributed by atoms with Crippen molar-refractivity contribution in [3.63, 3.8) is 0 Å². The van der Waals surface area contributed by atoms with Crippen LogP contribution in [0.1, 0.15) is 83.1 Å². The van der Waals surface area contributed by atoms with E-state index in [2.05, 4.69) is 177 Å². The molecule has 2 aromatic rings. The molecule has 3 aliphatic heterocycles. The molecular weight excluding hydrogens is 911 g/mol. The smallest absolute Gasteiger partial charge is 0.391 e. The van der Waals surface area contributed by atoms with Crippen molar-refractivity contribution in [2.75, 3.05) is 0 Å². The van der Waals surface area contributed by atoms with Gasteiger partial charge in [-0.2, -0.15) is 0 Å². The molecule has 0 radical (unpaired) electrons. The van der Waals surface area contributed by atoms with Crippen molar-refractivity contribution in [3.05, 3.63) is 55.7 Å².